The Balaban J connectivity index is 2.23. The van der Waals surface area contributed by atoms with Crippen LogP contribution in [0.15, 0.2) is 35.5 Å². The fourth-order valence-corrected chi connectivity index (χ4v) is 4.38. The molecule has 0 amide bonds. The van der Waals surface area contributed by atoms with Gasteiger partial charge in [-0.1, -0.05) is 18.1 Å². The zero-order valence-electron chi connectivity index (χ0n) is 11.4. The number of aromatic nitrogens is 1. The Morgan fingerprint density at radius 2 is 2.19 bits per heavy atom. The van der Waals surface area contributed by atoms with Crippen LogP contribution in [0.3, 0.4) is 0 Å². The van der Waals surface area contributed by atoms with E-state index in [1.165, 1.54) is 10.5 Å². The largest absolute Gasteiger partial charge is 0.326 e. The molecule has 1 aromatic heterocycles. The van der Waals surface area contributed by atoms with E-state index in [-0.39, 0.29) is 10.9 Å². The predicted octanol–water partition coefficient (Wildman–Crippen LogP) is 0.938. The van der Waals surface area contributed by atoms with Crippen molar-refractivity contribution < 1.29 is 8.42 Å². The molecule has 6 heteroatoms. The number of nitrogens with zero attached hydrogens (tertiary/aromatic N) is 2. The van der Waals surface area contributed by atoms with Crippen LogP contribution in [0, 0.1) is 12.3 Å². The lowest BCUT2D eigenvalue weighted by Crippen LogP contribution is -2.32. The fourth-order valence-electron chi connectivity index (χ4n) is 2.64. The third kappa shape index (κ3) is 2.29. The van der Waals surface area contributed by atoms with Crippen molar-refractivity contribution >= 4 is 20.8 Å². The smallest absolute Gasteiger partial charge is 0.243 e. The second-order valence-electron chi connectivity index (χ2n) is 5.10. The van der Waals surface area contributed by atoms with Crippen LogP contribution in [0.25, 0.3) is 10.8 Å². The van der Waals surface area contributed by atoms with E-state index < -0.39 is 10.0 Å². The molecule has 0 aliphatic carbocycles. The molecule has 0 radical (unpaired) electrons. The molecule has 0 saturated carbocycles. The summed E-state index contributed by atoms with van der Waals surface area (Å²) in [6.45, 7) is 0.783. The highest BCUT2D eigenvalue weighted by atomic mass is 32.2. The zero-order valence-corrected chi connectivity index (χ0v) is 12.2. The van der Waals surface area contributed by atoms with E-state index in [0.717, 1.165) is 5.39 Å². The summed E-state index contributed by atoms with van der Waals surface area (Å²) >= 11 is 0. The van der Waals surface area contributed by atoms with Crippen LogP contribution in [0.1, 0.15) is 12.0 Å². The van der Waals surface area contributed by atoms with Gasteiger partial charge in [-0.3, -0.25) is 4.98 Å². The van der Waals surface area contributed by atoms with Gasteiger partial charge >= 0.3 is 0 Å². The van der Waals surface area contributed by atoms with Gasteiger partial charge in [0.25, 0.3) is 0 Å². The first-order chi connectivity index (χ1) is 10.0. The number of nitrogens with two attached hydrogens (primary N) is 1. The van der Waals surface area contributed by atoms with E-state index >= 15 is 0 Å². The van der Waals surface area contributed by atoms with Gasteiger partial charge in [-0.2, -0.15) is 4.31 Å². The van der Waals surface area contributed by atoms with Crippen LogP contribution in [-0.2, 0) is 10.0 Å². The molecule has 108 valence electrons. The van der Waals surface area contributed by atoms with Crippen molar-refractivity contribution in [2.24, 2.45) is 5.73 Å². The predicted molar refractivity (Wildman–Crippen MR) is 81.0 cm³/mol. The van der Waals surface area contributed by atoms with Gasteiger partial charge in [-0.15, -0.1) is 6.42 Å². The summed E-state index contributed by atoms with van der Waals surface area (Å²) in [6.07, 6.45) is 9.29. The van der Waals surface area contributed by atoms with Crippen molar-refractivity contribution in [3.63, 3.8) is 0 Å². The molecule has 1 aliphatic rings. The Morgan fingerprint density at radius 1 is 1.38 bits per heavy atom. The van der Waals surface area contributed by atoms with Crippen LogP contribution in [-0.4, -0.2) is 36.8 Å². The zero-order chi connectivity index (χ0) is 15.0. The number of pyridine rings is 1. The fraction of sp³-hybridized carbons (Fsp3) is 0.267. The molecule has 3 rings (SSSR count). The van der Waals surface area contributed by atoms with E-state index in [2.05, 4.69) is 10.9 Å². The highest BCUT2D eigenvalue weighted by Crippen LogP contribution is 2.29. The highest BCUT2D eigenvalue weighted by Gasteiger charge is 2.32. The van der Waals surface area contributed by atoms with Crippen LogP contribution in [0.2, 0.25) is 0 Å². The maximum Gasteiger partial charge on any atom is 0.243 e. The third-order valence-corrected chi connectivity index (χ3v) is 5.61. The summed E-state index contributed by atoms with van der Waals surface area (Å²) in [7, 11) is -3.60. The average molecular weight is 301 g/mol. The van der Waals surface area contributed by atoms with Gasteiger partial charge in [0.05, 0.1) is 10.5 Å². The van der Waals surface area contributed by atoms with Gasteiger partial charge in [0, 0.05) is 42.3 Å². The lowest BCUT2D eigenvalue weighted by atomic mass is 10.1. The molecule has 1 saturated heterocycles. The molecule has 0 bridgehead atoms. The molecular formula is C15H15N3O2S. The van der Waals surface area contributed by atoms with Crippen molar-refractivity contribution in [1.82, 2.24) is 9.29 Å². The maximum atomic E-state index is 12.8. The molecule has 2 aromatic rings. The van der Waals surface area contributed by atoms with Crippen LogP contribution >= 0.6 is 0 Å². The van der Waals surface area contributed by atoms with Crippen molar-refractivity contribution in [3.8, 4) is 12.3 Å². The van der Waals surface area contributed by atoms with Crippen molar-refractivity contribution in [1.29, 1.82) is 0 Å². The molecule has 2 N–H and O–H groups in total. The molecule has 21 heavy (non-hydrogen) atoms. The number of sulfonamides is 1. The standard InChI is InChI=1S/C15H15N3O2S/c1-2-11-8-17-9-12-4-3-5-14(15(11)12)21(19,20)18-7-6-13(16)10-18/h1,3-5,8-9,13H,6-7,10,16H2/t13-/m1/s1. The van der Waals surface area contributed by atoms with Gasteiger partial charge < -0.3 is 5.73 Å². The molecule has 0 unspecified atom stereocenters. The first-order valence-corrected chi connectivity index (χ1v) is 8.07. The Kier molecular flexibility index (Phi) is 3.41. The molecule has 1 aromatic carbocycles. The summed E-state index contributed by atoms with van der Waals surface area (Å²) in [5.41, 5.74) is 6.30. The lowest BCUT2D eigenvalue weighted by Gasteiger charge is -2.17. The van der Waals surface area contributed by atoms with Crippen molar-refractivity contribution in [2.75, 3.05) is 13.1 Å². The number of hydrogen-bond acceptors (Lipinski definition) is 4. The lowest BCUT2D eigenvalue weighted by molar-refractivity contribution is 0.473. The Labute approximate surface area is 123 Å². The van der Waals surface area contributed by atoms with E-state index in [0.29, 0.717) is 30.5 Å². The maximum absolute atomic E-state index is 12.8. The summed E-state index contributed by atoms with van der Waals surface area (Å²) < 4.78 is 27.1. The number of terminal acetylenes is 1. The molecule has 2 heterocycles. The second-order valence-corrected chi connectivity index (χ2v) is 7.00. The molecule has 0 spiro atoms. The van der Waals surface area contributed by atoms with E-state index in [4.69, 9.17) is 12.2 Å². The minimum Gasteiger partial charge on any atom is -0.326 e. The number of rotatable bonds is 2. The summed E-state index contributed by atoms with van der Waals surface area (Å²) in [5, 5.41) is 1.27. The third-order valence-electron chi connectivity index (χ3n) is 3.71. The molecular weight excluding hydrogens is 286 g/mol. The minimum absolute atomic E-state index is 0.108. The summed E-state index contributed by atoms with van der Waals surface area (Å²) in [5.74, 6) is 2.51. The molecule has 1 fully saturated rings. The van der Waals surface area contributed by atoms with Crippen LogP contribution < -0.4 is 5.73 Å². The normalized spacial score (nSPS) is 19.7. The highest BCUT2D eigenvalue weighted by molar-refractivity contribution is 7.89. The second kappa shape index (κ2) is 5.11. The number of fused-ring (bicyclic) bond motifs is 1. The average Bonchev–Trinajstić information content (AvgIpc) is 2.93. The first kappa shape index (κ1) is 14.0. The van der Waals surface area contributed by atoms with Crippen molar-refractivity contribution in [2.45, 2.75) is 17.4 Å². The Hall–Kier alpha value is -1.94. The van der Waals surface area contributed by atoms with Crippen molar-refractivity contribution in [3.05, 3.63) is 36.2 Å². The Bertz CT molecular complexity index is 834. The van der Waals surface area contributed by atoms with Gasteiger partial charge in [0.15, 0.2) is 0 Å². The number of benzene rings is 1. The summed E-state index contributed by atoms with van der Waals surface area (Å²) in [4.78, 5) is 4.27. The first-order valence-electron chi connectivity index (χ1n) is 6.63. The SMILES string of the molecule is C#Cc1cncc2cccc(S(=O)(=O)N3CC[C@@H](N)C3)c12. The van der Waals surface area contributed by atoms with Gasteiger partial charge in [-0.25, -0.2) is 8.42 Å². The monoisotopic (exact) mass is 301 g/mol. The van der Waals surface area contributed by atoms with E-state index in [1.807, 2.05) is 0 Å². The van der Waals surface area contributed by atoms with Gasteiger partial charge in [0.1, 0.15) is 0 Å². The molecule has 1 atom stereocenters. The number of hydrogen-bond donors (Lipinski definition) is 1. The topological polar surface area (TPSA) is 76.3 Å². The van der Waals surface area contributed by atoms with Crippen LogP contribution in [0.4, 0.5) is 0 Å². The quantitative estimate of drug-likeness (QED) is 0.838. The van der Waals surface area contributed by atoms with Gasteiger partial charge in [0.2, 0.25) is 10.0 Å². The summed E-state index contributed by atoms with van der Waals surface area (Å²) in [6, 6.07) is 4.98. The van der Waals surface area contributed by atoms with Gasteiger partial charge in [-0.05, 0) is 12.5 Å². The van der Waals surface area contributed by atoms with E-state index in [9.17, 15) is 8.42 Å². The van der Waals surface area contributed by atoms with E-state index in [1.54, 1.807) is 24.4 Å². The molecule has 1 aliphatic heterocycles. The van der Waals surface area contributed by atoms with Crippen LogP contribution in [0.5, 0.6) is 0 Å². The molecule has 5 nitrogen and oxygen atoms in total. The Morgan fingerprint density at radius 3 is 2.86 bits per heavy atom. The minimum atomic E-state index is -3.60.